The van der Waals surface area contributed by atoms with Crippen molar-refractivity contribution in [3.63, 3.8) is 0 Å². The minimum absolute atomic E-state index is 0.0358. The molecule has 6 nitrogen and oxygen atoms in total. The number of ether oxygens (including phenoxy) is 2. The van der Waals surface area contributed by atoms with E-state index in [-0.39, 0.29) is 24.5 Å². The Morgan fingerprint density at radius 2 is 1.56 bits per heavy atom. The average molecular weight is 342 g/mol. The highest BCUT2D eigenvalue weighted by atomic mass is 16.6. The smallest absolute Gasteiger partial charge is 0.336 e. The Morgan fingerprint density at radius 1 is 1.00 bits per heavy atom. The molecule has 1 fully saturated rings. The highest BCUT2D eigenvalue weighted by molar-refractivity contribution is 5.80. The van der Waals surface area contributed by atoms with Crippen LogP contribution in [-0.4, -0.2) is 40.8 Å². The molecule has 1 saturated heterocycles. The van der Waals surface area contributed by atoms with Crippen molar-refractivity contribution in [3.8, 4) is 11.5 Å². The third-order valence-electron chi connectivity index (χ3n) is 4.11. The molecule has 0 radical (unpaired) electrons. The van der Waals surface area contributed by atoms with Gasteiger partial charge in [-0.2, -0.15) is 0 Å². The molecule has 1 aliphatic heterocycles. The van der Waals surface area contributed by atoms with Gasteiger partial charge in [0.25, 0.3) is 0 Å². The molecule has 130 valence electrons. The van der Waals surface area contributed by atoms with E-state index in [2.05, 4.69) is 0 Å². The number of aromatic hydroxyl groups is 2. The fourth-order valence-corrected chi connectivity index (χ4v) is 2.74. The van der Waals surface area contributed by atoms with Gasteiger partial charge in [0.1, 0.15) is 11.5 Å². The maximum atomic E-state index is 12.3. The molecule has 1 aliphatic rings. The number of carbonyl (C=O) groups excluding carboxylic acids is 2. The van der Waals surface area contributed by atoms with Gasteiger partial charge >= 0.3 is 5.97 Å². The van der Waals surface area contributed by atoms with Crippen LogP contribution in [0.5, 0.6) is 11.5 Å². The van der Waals surface area contributed by atoms with Gasteiger partial charge in [-0.25, -0.2) is 4.79 Å². The fourth-order valence-electron chi connectivity index (χ4n) is 2.74. The van der Waals surface area contributed by atoms with E-state index in [9.17, 15) is 19.8 Å². The van der Waals surface area contributed by atoms with Crippen molar-refractivity contribution < 1.29 is 29.3 Å². The molecule has 0 amide bonds. The molecular formula is C19H18O6. The zero-order valence-corrected chi connectivity index (χ0v) is 13.4. The number of rotatable bonds is 5. The van der Waals surface area contributed by atoms with E-state index in [1.807, 2.05) is 0 Å². The Hall–Kier alpha value is -2.86. The topological polar surface area (TPSA) is 93.1 Å². The van der Waals surface area contributed by atoms with Gasteiger partial charge in [0.05, 0.1) is 6.61 Å². The average Bonchev–Trinajstić information content (AvgIpc) is 2.61. The van der Waals surface area contributed by atoms with E-state index in [0.717, 1.165) is 11.1 Å². The summed E-state index contributed by atoms with van der Waals surface area (Å²) in [5.41, 5.74) is 0.203. The van der Waals surface area contributed by atoms with Gasteiger partial charge in [0, 0.05) is 12.8 Å². The monoisotopic (exact) mass is 342 g/mol. The second kappa shape index (κ2) is 6.94. The molecule has 2 N–H and O–H groups in total. The normalized spacial score (nSPS) is 23.0. The first-order chi connectivity index (χ1) is 12.0. The number of phenols is 2. The summed E-state index contributed by atoms with van der Waals surface area (Å²) in [5.74, 6) is -0.329. The van der Waals surface area contributed by atoms with Gasteiger partial charge in [0.2, 0.25) is 0 Å². The van der Waals surface area contributed by atoms with Gasteiger partial charge in [-0.1, -0.05) is 24.3 Å². The molecule has 2 aromatic carbocycles. The lowest BCUT2D eigenvalue weighted by Crippen LogP contribution is -2.52. The van der Waals surface area contributed by atoms with Crippen molar-refractivity contribution in [3.05, 3.63) is 59.7 Å². The largest absolute Gasteiger partial charge is 0.508 e. The van der Waals surface area contributed by atoms with E-state index < -0.39 is 17.7 Å². The molecule has 6 heteroatoms. The van der Waals surface area contributed by atoms with Crippen LogP contribution in [-0.2, 0) is 31.9 Å². The minimum Gasteiger partial charge on any atom is -0.508 e. The zero-order valence-electron chi connectivity index (χ0n) is 13.4. The first-order valence-electron chi connectivity index (χ1n) is 7.86. The molecule has 0 bridgehead atoms. The number of hydrogen-bond acceptors (Lipinski definition) is 6. The minimum atomic E-state index is -1.36. The summed E-state index contributed by atoms with van der Waals surface area (Å²) in [4.78, 5) is 23.9. The van der Waals surface area contributed by atoms with Gasteiger partial charge < -0.3 is 19.7 Å². The van der Waals surface area contributed by atoms with E-state index in [1.165, 1.54) is 24.3 Å². The molecule has 1 heterocycles. The Morgan fingerprint density at radius 3 is 2.08 bits per heavy atom. The second-order valence-electron chi connectivity index (χ2n) is 6.12. The second-order valence-corrected chi connectivity index (χ2v) is 6.12. The van der Waals surface area contributed by atoms with Gasteiger partial charge in [-0.15, -0.1) is 0 Å². The van der Waals surface area contributed by atoms with Crippen LogP contribution in [0.25, 0.3) is 0 Å². The summed E-state index contributed by atoms with van der Waals surface area (Å²) in [6.07, 6.45) is 0.272. The summed E-state index contributed by atoms with van der Waals surface area (Å²) >= 11 is 0. The zero-order chi connectivity index (χ0) is 17.9. The summed E-state index contributed by atoms with van der Waals surface area (Å²) in [7, 11) is 0. The van der Waals surface area contributed by atoms with E-state index in [4.69, 9.17) is 9.47 Å². The van der Waals surface area contributed by atoms with Gasteiger partial charge in [-0.3, -0.25) is 4.79 Å². The molecule has 0 aromatic heterocycles. The van der Waals surface area contributed by atoms with Crippen molar-refractivity contribution >= 4 is 12.3 Å². The molecule has 25 heavy (non-hydrogen) atoms. The number of phenolic OH excluding ortho intramolecular Hbond substituents is 2. The fraction of sp³-hybridized carbons (Fsp3) is 0.263. The van der Waals surface area contributed by atoms with Crippen LogP contribution >= 0.6 is 0 Å². The first-order valence-corrected chi connectivity index (χ1v) is 7.86. The summed E-state index contributed by atoms with van der Waals surface area (Å²) in [6.45, 7) is -0.0358. The summed E-state index contributed by atoms with van der Waals surface area (Å²) < 4.78 is 11.0. The van der Waals surface area contributed by atoms with Crippen molar-refractivity contribution in [2.24, 2.45) is 0 Å². The van der Waals surface area contributed by atoms with Crippen LogP contribution in [0, 0.1) is 0 Å². The standard InChI is InChI=1S/C19H18O6/c20-11-19(10-14-3-7-16(22)8-4-14)12-24-17(18(23)25-19)9-13-1-5-15(21)6-2-13/h1-8,11,17,21-22H,9-10,12H2. The van der Waals surface area contributed by atoms with Crippen LogP contribution in [0.2, 0.25) is 0 Å². The van der Waals surface area contributed by atoms with Crippen LogP contribution in [0.1, 0.15) is 11.1 Å². The molecule has 2 atom stereocenters. The predicted molar refractivity (Wildman–Crippen MR) is 88.2 cm³/mol. The lowest BCUT2D eigenvalue weighted by molar-refractivity contribution is -0.201. The molecular weight excluding hydrogens is 324 g/mol. The number of benzene rings is 2. The van der Waals surface area contributed by atoms with Gasteiger partial charge in [-0.05, 0) is 35.4 Å². The molecule has 2 aromatic rings. The predicted octanol–water partition coefficient (Wildman–Crippen LogP) is 1.76. The number of cyclic esters (lactones) is 1. The third-order valence-corrected chi connectivity index (χ3v) is 4.11. The van der Waals surface area contributed by atoms with Crippen LogP contribution in [0.15, 0.2) is 48.5 Å². The highest BCUT2D eigenvalue weighted by Gasteiger charge is 2.43. The number of esters is 1. The SMILES string of the molecule is O=CC1(Cc2ccc(O)cc2)COC(Cc2ccc(O)cc2)C(=O)O1. The molecule has 0 aliphatic carbocycles. The maximum Gasteiger partial charge on any atom is 0.336 e. The van der Waals surface area contributed by atoms with Gasteiger partial charge in [0.15, 0.2) is 18.0 Å². The number of aldehydes is 1. The number of carbonyl (C=O) groups is 2. The van der Waals surface area contributed by atoms with Crippen molar-refractivity contribution in [2.45, 2.75) is 24.5 Å². The number of hydrogen-bond donors (Lipinski definition) is 2. The van der Waals surface area contributed by atoms with Crippen molar-refractivity contribution in [2.75, 3.05) is 6.61 Å². The van der Waals surface area contributed by atoms with Crippen LogP contribution in [0.4, 0.5) is 0 Å². The quantitative estimate of drug-likeness (QED) is 0.635. The molecule has 3 rings (SSSR count). The molecule has 0 saturated carbocycles. The van der Waals surface area contributed by atoms with Crippen molar-refractivity contribution in [1.29, 1.82) is 0 Å². The van der Waals surface area contributed by atoms with Crippen molar-refractivity contribution in [1.82, 2.24) is 0 Å². The lowest BCUT2D eigenvalue weighted by Gasteiger charge is -2.35. The third kappa shape index (κ3) is 3.97. The summed E-state index contributed by atoms with van der Waals surface area (Å²) in [5, 5.41) is 18.6. The Balaban J connectivity index is 1.67. The molecule has 0 spiro atoms. The molecule has 2 unspecified atom stereocenters. The van der Waals surface area contributed by atoms with E-state index in [1.54, 1.807) is 24.3 Å². The Labute approximate surface area is 144 Å². The van der Waals surface area contributed by atoms with Crippen LogP contribution < -0.4 is 0 Å². The van der Waals surface area contributed by atoms with Crippen LogP contribution in [0.3, 0.4) is 0 Å². The van der Waals surface area contributed by atoms with E-state index in [0.29, 0.717) is 12.7 Å². The summed E-state index contributed by atoms with van der Waals surface area (Å²) in [6, 6.07) is 12.8. The Kier molecular flexibility index (Phi) is 4.72. The Bertz CT molecular complexity index is 752. The lowest BCUT2D eigenvalue weighted by atomic mass is 9.94. The first kappa shape index (κ1) is 17.0. The van der Waals surface area contributed by atoms with E-state index >= 15 is 0 Å². The highest BCUT2D eigenvalue weighted by Crippen LogP contribution is 2.25. The maximum absolute atomic E-state index is 12.3.